The summed E-state index contributed by atoms with van der Waals surface area (Å²) in [5, 5.41) is 0. The van der Waals surface area contributed by atoms with Crippen molar-refractivity contribution in [3.05, 3.63) is 0 Å². The molecule has 96 valence electrons. The van der Waals surface area contributed by atoms with Crippen LogP contribution in [0.15, 0.2) is 0 Å². The van der Waals surface area contributed by atoms with Gasteiger partial charge in [0.15, 0.2) is 25.2 Å². The zero-order valence-corrected chi connectivity index (χ0v) is 14.8. The quantitative estimate of drug-likeness (QED) is 0.690. The van der Waals surface area contributed by atoms with Crippen LogP contribution in [0.3, 0.4) is 0 Å². The van der Waals surface area contributed by atoms with Gasteiger partial charge in [0.2, 0.25) is 0 Å². The highest BCUT2D eigenvalue weighted by molar-refractivity contribution is 7.06. The van der Waals surface area contributed by atoms with Gasteiger partial charge in [-0.1, -0.05) is 27.7 Å². The van der Waals surface area contributed by atoms with E-state index < -0.39 is 25.2 Å². The van der Waals surface area contributed by atoms with Crippen molar-refractivity contribution in [3.8, 4) is 0 Å². The Kier molecular flexibility index (Phi) is 4.59. The molecule has 1 fully saturated rings. The van der Waals surface area contributed by atoms with Crippen molar-refractivity contribution >= 4 is 25.2 Å². The summed E-state index contributed by atoms with van der Waals surface area (Å²) in [4.78, 5) is 0. The molecular formula is C10H29N3Si3. The summed E-state index contributed by atoms with van der Waals surface area (Å²) in [6.07, 6.45) is 0. The first-order chi connectivity index (χ1) is 7.36. The molecule has 1 aliphatic rings. The molecule has 0 unspecified atom stereocenters. The zero-order valence-electron chi connectivity index (χ0n) is 11.8. The van der Waals surface area contributed by atoms with Crippen LogP contribution in [-0.4, -0.2) is 25.2 Å². The van der Waals surface area contributed by atoms with Crippen LogP contribution < -0.4 is 13.9 Å². The van der Waals surface area contributed by atoms with Gasteiger partial charge in [0.1, 0.15) is 0 Å². The summed E-state index contributed by atoms with van der Waals surface area (Å²) in [6, 6.07) is 5.26. The smallest absolute Gasteiger partial charge is 0.189 e. The molecular weight excluding hydrogens is 246 g/mol. The summed E-state index contributed by atoms with van der Waals surface area (Å²) in [5.74, 6) is 0. The molecule has 0 radical (unpaired) electrons. The lowest BCUT2D eigenvalue weighted by molar-refractivity contribution is 0.934. The van der Waals surface area contributed by atoms with E-state index in [1.54, 1.807) is 0 Å². The van der Waals surface area contributed by atoms with Crippen LogP contribution in [0.4, 0.5) is 0 Å². The van der Waals surface area contributed by atoms with Crippen molar-refractivity contribution in [3.63, 3.8) is 0 Å². The Morgan fingerprint density at radius 3 is 1.19 bits per heavy atom. The minimum absolute atomic E-state index is 1.32. The van der Waals surface area contributed by atoms with Crippen molar-refractivity contribution < 1.29 is 0 Å². The van der Waals surface area contributed by atoms with Gasteiger partial charge in [-0.3, -0.25) is 0 Å². The van der Waals surface area contributed by atoms with E-state index in [2.05, 4.69) is 54.7 Å². The Hall–Kier alpha value is 0.531. The first kappa shape index (κ1) is 14.6. The molecule has 0 amide bonds. The predicted molar refractivity (Wildman–Crippen MR) is 80.3 cm³/mol. The largest absolute Gasteiger partial charge is 0.336 e. The summed E-state index contributed by atoms with van der Waals surface area (Å²) in [6.45, 7) is 14.3. The molecule has 0 aromatic carbocycles. The van der Waals surface area contributed by atoms with Gasteiger partial charge in [0.25, 0.3) is 0 Å². The van der Waals surface area contributed by atoms with Crippen molar-refractivity contribution in [2.45, 2.75) is 65.0 Å². The predicted octanol–water partition coefficient (Wildman–Crippen LogP) is 2.43. The van der Waals surface area contributed by atoms with Gasteiger partial charge in [-0.25, -0.2) is 0 Å². The van der Waals surface area contributed by atoms with Crippen LogP contribution in [-0.2, 0) is 0 Å². The number of hydrogen-bond donors (Lipinski definition) is 3. The summed E-state index contributed by atoms with van der Waals surface area (Å²) < 4.78 is 12.2. The lowest BCUT2D eigenvalue weighted by Gasteiger charge is -2.53. The van der Waals surface area contributed by atoms with Gasteiger partial charge >= 0.3 is 0 Å². The Morgan fingerprint density at radius 2 is 0.938 bits per heavy atom. The molecule has 1 rings (SSSR count). The van der Waals surface area contributed by atoms with Crippen LogP contribution in [0.1, 0.15) is 27.7 Å². The minimum Gasteiger partial charge on any atom is -0.336 e. The summed E-state index contributed by atoms with van der Waals surface area (Å²) in [5.41, 5.74) is 0. The molecule has 3 N–H and O–H groups in total. The topological polar surface area (TPSA) is 36.1 Å². The van der Waals surface area contributed by atoms with E-state index in [-0.39, 0.29) is 0 Å². The molecule has 1 aliphatic heterocycles. The maximum absolute atomic E-state index is 4.13. The third-order valence-corrected chi connectivity index (χ3v) is 21.5. The molecule has 0 aromatic heterocycles. The molecule has 1 heterocycles. The van der Waals surface area contributed by atoms with E-state index in [0.29, 0.717) is 0 Å². The van der Waals surface area contributed by atoms with Crippen LogP contribution in [0.25, 0.3) is 0 Å². The lowest BCUT2D eigenvalue weighted by atomic mass is 10.9. The van der Waals surface area contributed by atoms with Gasteiger partial charge in [-0.2, -0.15) is 0 Å². The van der Waals surface area contributed by atoms with E-state index >= 15 is 0 Å². The fourth-order valence-corrected chi connectivity index (χ4v) is 25.3. The maximum Gasteiger partial charge on any atom is 0.189 e. The first-order valence-electron chi connectivity index (χ1n) is 6.74. The molecule has 6 heteroatoms. The van der Waals surface area contributed by atoms with Gasteiger partial charge in [0, 0.05) is 0 Å². The lowest BCUT2D eigenvalue weighted by Crippen LogP contribution is -2.90. The Morgan fingerprint density at radius 1 is 0.625 bits per heavy atom. The fourth-order valence-electron chi connectivity index (χ4n) is 2.96. The second-order valence-corrected chi connectivity index (χ2v) is 19.0. The molecule has 0 spiro atoms. The molecule has 1 saturated heterocycles. The molecule has 16 heavy (non-hydrogen) atoms. The van der Waals surface area contributed by atoms with E-state index in [1.807, 2.05) is 0 Å². The van der Waals surface area contributed by atoms with Crippen molar-refractivity contribution in [2.24, 2.45) is 0 Å². The van der Waals surface area contributed by atoms with Crippen LogP contribution >= 0.6 is 0 Å². The average molecular weight is 276 g/mol. The van der Waals surface area contributed by atoms with Gasteiger partial charge in [0.05, 0.1) is 0 Å². The maximum atomic E-state index is 4.13. The summed E-state index contributed by atoms with van der Waals surface area (Å²) >= 11 is 0. The number of hydrogen-bond acceptors (Lipinski definition) is 3. The Balaban J connectivity index is 3.01. The van der Waals surface area contributed by atoms with E-state index in [0.717, 1.165) is 0 Å². The van der Waals surface area contributed by atoms with E-state index in [9.17, 15) is 0 Å². The molecule has 0 aromatic rings. The van der Waals surface area contributed by atoms with Gasteiger partial charge < -0.3 is 13.9 Å². The highest BCUT2D eigenvalue weighted by atomic mass is 28.5. The Bertz CT molecular complexity index is 215. The third kappa shape index (κ3) is 2.85. The third-order valence-electron chi connectivity index (χ3n) is 4.00. The van der Waals surface area contributed by atoms with Gasteiger partial charge in [-0.05, 0) is 37.3 Å². The first-order valence-corrected chi connectivity index (χ1v) is 14.6. The monoisotopic (exact) mass is 275 g/mol. The molecule has 0 atom stereocenters. The second kappa shape index (κ2) is 5.03. The highest BCUT2D eigenvalue weighted by Crippen LogP contribution is 2.23. The average Bonchev–Trinajstić information content (AvgIpc) is 2.26. The standard InChI is InChI=1S/C10H29N3Si3/c1-7-15(8-2)11-14(5,6)12-16(9-3,10-4)13-15/h11-13H,7-10H2,1-6H3. The zero-order chi connectivity index (χ0) is 12.4. The van der Waals surface area contributed by atoms with Crippen molar-refractivity contribution in [2.75, 3.05) is 0 Å². The highest BCUT2D eigenvalue weighted by Gasteiger charge is 2.50. The van der Waals surface area contributed by atoms with Crippen LogP contribution in [0.5, 0.6) is 0 Å². The van der Waals surface area contributed by atoms with Gasteiger partial charge in [-0.15, -0.1) is 0 Å². The minimum atomic E-state index is -1.38. The number of rotatable bonds is 4. The number of nitrogens with one attached hydrogen (secondary N) is 3. The van der Waals surface area contributed by atoms with E-state index in [1.165, 1.54) is 24.2 Å². The molecule has 0 aliphatic carbocycles. The second-order valence-electron chi connectivity index (χ2n) is 5.58. The fraction of sp³-hybridized carbons (Fsp3) is 1.00. The Labute approximate surface area is 104 Å². The molecule has 0 bridgehead atoms. The molecule has 0 saturated carbocycles. The van der Waals surface area contributed by atoms with E-state index in [4.69, 9.17) is 0 Å². The SMILES string of the molecule is CC[Si]1(CC)N[Si](C)(C)N[Si](CC)(CC)N1. The van der Waals surface area contributed by atoms with Crippen molar-refractivity contribution in [1.29, 1.82) is 0 Å². The van der Waals surface area contributed by atoms with Crippen LogP contribution in [0, 0.1) is 0 Å². The normalized spacial score (nSPS) is 26.6. The van der Waals surface area contributed by atoms with Crippen molar-refractivity contribution in [1.82, 2.24) is 13.9 Å². The van der Waals surface area contributed by atoms with Crippen LogP contribution in [0.2, 0.25) is 37.3 Å². The summed E-state index contributed by atoms with van der Waals surface area (Å²) in [7, 11) is -4.15. The molecule has 3 nitrogen and oxygen atoms in total.